The van der Waals surface area contributed by atoms with Crippen molar-refractivity contribution >= 4 is 0 Å². The molecule has 4 atom stereocenters. The van der Waals surface area contributed by atoms with Crippen molar-refractivity contribution in [3.8, 4) is 17.2 Å². The fraction of sp³-hybridized carbons (Fsp3) is 0.571. The molecule has 0 saturated carbocycles. The van der Waals surface area contributed by atoms with E-state index in [4.69, 9.17) is 5.11 Å². The molecule has 0 spiro atoms. The van der Waals surface area contributed by atoms with E-state index in [1.807, 2.05) is 0 Å². The fourth-order valence-electron chi connectivity index (χ4n) is 2.08. The monoisotopic (exact) mass is 333 g/mol. The van der Waals surface area contributed by atoms with Crippen LogP contribution in [0.3, 0.4) is 0 Å². The summed E-state index contributed by atoms with van der Waals surface area (Å²) < 4.78 is 0. The number of hydrogen-bond acceptors (Lipinski definition) is 9. The van der Waals surface area contributed by atoms with Crippen molar-refractivity contribution in [3.63, 3.8) is 0 Å². The van der Waals surface area contributed by atoms with Gasteiger partial charge in [0.2, 0.25) is 5.75 Å². The van der Waals surface area contributed by atoms with Gasteiger partial charge in [-0.1, -0.05) is 6.07 Å². The topological polar surface area (TPSA) is 165 Å². The minimum absolute atomic E-state index is 0.0715. The Balaban J connectivity index is 2.66. The third-order valence-corrected chi connectivity index (χ3v) is 3.48. The Morgan fingerprint density at radius 2 is 1.48 bits per heavy atom. The lowest BCUT2D eigenvalue weighted by molar-refractivity contribution is -0.118. The lowest BCUT2D eigenvalue weighted by Crippen LogP contribution is -2.49. The van der Waals surface area contributed by atoms with Gasteiger partial charge in [-0.15, -0.1) is 0 Å². The Bertz CT molecular complexity index is 512. The summed E-state index contributed by atoms with van der Waals surface area (Å²) in [6.45, 7) is -0.818. The highest BCUT2D eigenvalue weighted by Crippen LogP contribution is 2.37. The average Bonchev–Trinajstić information content (AvgIpc) is 2.53. The molecule has 1 rings (SSSR count). The van der Waals surface area contributed by atoms with Crippen molar-refractivity contribution < 1.29 is 40.9 Å². The number of aliphatic hydroxyl groups is 5. The van der Waals surface area contributed by atoms with Crippen LogP contribution < -0.4 is 0 Å². The molecule has 1 aromatic rings. The normalized spacial score (nSPS) is 17.0. The standard InChI is InChI=1S/C14H23NO8/c1-15(4-7-2-3-8(17)12(21)11(7)20)5-9(18)13(22)14(23)10(19)6-16/h2-3,9-10,13-14,16-23H,4-6H2,1H3. The molecule has 0 aliphatic carbocycles. The first-order valence-corrected chi connectivity index (χ1v) is 6.93. The summed E-state index contributed by atoms with van der Waals surface area (Å²) in [4.78, 5) is 1.48. The fourth-order valence-corrected chi connectivity index (χ4v) is 2.08. The number of phenols is 3. The van der Waals surface area contributed by atoms with Gasteiger partial charge < -0.3 is 40.9 Å². The number of hydrogen-bond donors (Lipinski definition) is 8. The number of aromatic hydroxyl groups is 3. The smallest absolute Gasteiger partial charge is 0.200 e. The van der Waals surface area contributed by atoms with Crippen molar-refractivity contribution in [2.75, 3.05) is 20.2 Å². The lowest BCUT2D eigenvalue weighted by Gasteiger charge is -2.28. The molecule has 132 valence electrons. The van der Waals surface area contributed by atoms with Gasteiger partial charge in [0.25, 0.3) is 0 Å². The number of aliphatic hydroxyl groups excluding tert-OH is 5. The van der Waals surface area contributed by atoms with E-state index < -0.39 is 48.3 Å². The zero-order valence-corrected chi connectivity index (χ0v) is 12.6. The summed E-state index contributed by atoms with van der Waals surface area (Å²) in [7, 11) is 1.55. The molecule has 0 heterocycles. The van der Waals surface area contributed by atoms with E-state index in [9.17, 15) is 35.7 Å². The molecule has 0 aromatic heterocycles. The van der Waals surface area contributed by atoms with E-state index in [1.165, 1.54) is 17.0 Å². The van der Waals surface area contributed by atoms with Crippen LogP contribution in [0, 0.1) is 0 Å². The first-order valence-electron chi connectivity index (χ1n) is 6.93. The second-order valence-electron chi connectivity index (χ2n) is 5.44. The maximum Gasteiger partial charge on any atom is 0.200 e. The van der Waals surface area contributed by atoms with Crippen molar-refractivity contribution in [3.05, 3.63) is 17.7 Å². The van der Waals surface area contributed by atoms with Gasteiger partial charge in [-0.3, -0.25) is 4.90 Å². The van der Waals surface area contributed by atoms with Crippen LogP contribution in [0.5, 0.6) is 17.2 Å². The van der Waals surface area contributed by atoms with Crippen LogP contribution in [0.25, 0.3) is 0 Å². The van der Waals surface area contributed by atoms with Gasteiger partial charge in [-0.2, -0.15) is 0 Å². The van der Waals surface area contributed by atoms with Crippen molar-refractivity contribution in [1.29, 1.82) is 0 Å². The van der Waals surface area contributed by atoms with Gasteiger partial charge >= 0.3 is 0 Å². The first kappa shape index (κ1) is 19.4. The zero-order valence-electron chi connectivity index (χ0n) is 12.6. The molecule has 0 aliphatic rings. The molecule has 0 aliphatic heterocycles. The van der Waals surface area contributed by atoms with Crippen molar-refractivity contribution in [1.82, 2.24) is 4.90 Å². The van der Waals surface area contributed by atoms with Crippen LogP contribution in [0.15, 0.2) is 12.1 Å². The highest BCUT2D eigenvalue weighted by Gasteiger charge is 2.30. The van der Waals surface area contributed by atoms with Gasteiger partial charge in [0.15, 0.2) is 11.5 Å². The van der Waals surface area contributed by atoms with Crippen LogP contribution in [-0.4, -0.2) is 90.4 Å². The number of likely N-dealkylation sites (N-methyl/N-ethyl adjacent to an activating group) is 1. The Morgan fingerprint density at radius 3 is 2.04 bits per heavy atom. The molecule has 1 aromatic carbocycles. The molecule has 0 amide bonds. The second kappa shape index (κ2) is 8.29. The minimum atomic E-state index is -1.71. The molecule has 0 fully saturated rings. The summed E-state index contributed by atoms with van der Waals surface area (Å²) in [5, 5.41) is 75.4. The van der Waals surface area contributed by atoms with E-state index in [0.717, 1.165) is 0 Å². The Morgan fingerprint density at radius 1 is 0.913 bits per heavy atom. The summed E-state index contributed by atoms with van der Waals surface area (Å²) in [5.74, 6) is -1.62. The maximum absolute atomic E-state index is 9.85. The number of rotatable bonds is 8. The summed E-state index contributed by atoms with van der Waals surface area (Å²) in [5.41, 5.74) is 0.278. The molecule has 9 heteroatoms. The molecule has 8 N–H and O–H groups in total. The highest BCUT2D eigenvalue weighted by molar-refractivity contribution is 5.52. The zero-order chi connectivity index (χ0) is 17.7. The second-order valence-corrected chi connectivity index (χ2v) is 5.44. The van der Waals surface area contributed by atoms with Crippen LogP contribution in [-0.2, 0) is 6.54 Å². The molecule has 4 unspecified atom stereocenters. The van der Waals surface area contributed by atoms with Crippen LogP contribution >= 0.6 is 0 Å². The van der Waals surface area contributed by atoms with Crippen LogP contribution in [0.1, 0.15) is 5.56 Å². The molecular formula is C14H23NO8. The summed E-state index contributed by atoms with van der Waals surface area (Å²) in [6.07, 6.45) is -6.40. The summed E-state index contributed by atoms with van der Waals surface area (Å²) in [6, 6.07) is 2.58. The quantitative estimate of drug-likeness (QED) is 0.244. The minimum Gasteiger partial charge on any atom is -0.504 e. The van der Waals surface area contributed by atoms with Gasteiger partial charge in [0, 0.05) is 18.7 Å². The van der Waals surface area contributed by atoms with E-state index >= 15 is 0 Å². The Labute approximate surface area is 132 Å². The van der Waals surface area contributed by atoms with Gasteiger partial charge in [0.05, 0.1) is 12.7 Å². The summed E-state index contributed by atoms with van der Waals surface area (Å²) >= 11 is 0. The van der Waals surface area contributed by atoms with Gasteiger partial charge in [-0.05, 0) is 13.1 Å². The maximum atomic E-state index is 9.85. The molecule has 0 saturated heterocycles. The van der Waals surface area contributed by atoms with Crippen LogP contribution in [0.2, 0.25) is 0 Å². The predicted molar refractivity (Wildman–Crippen MR) is 78.9 cm³/mol. The van der Waals surface area contributed by atoms with Gasteiger partial charge in [0.1, 0.15) is 18.3 Å². The SMILES string of the molecule is CN(Cc1ccc(O)c(O)c1O)CC(O)C(O)C(O)C(O)CO. The molecule has 23 heavy (non-hydrogen) atoms. The van der Waals surface area contributed by atoms with E-state index in [2.05, 4.69) is 0 Å². The molecule has 9 nitrogen and oxygen atoms in total. The third-order valence-electron chi connectivity index (χ3n) is 3.48. The first-order chi connectivity index (χ1) is 10.7. The van der Waals surface area contributed by atoms with Crippen LogP contribution in [0.4, 0.5) is 0 Å². The number of benzene rings is 1. The highest BCUT2D eigenvalue weighted by atomic mass is 16.4. The third kappa shape index (κ3) is 4.93. The van der Waals surface area contributed by atoms with E-state index in [0.29, 0.717) is 0 Å². The lowest BCUT2D eigenvalue weighted by atomic mass is 10.0. The van der Waals surface area contributed by atoms with Crippen molar-refractivity contribution in [2.24, 2.45) is 0 Å². The molecule has 0 radical (unpaired) electrons. The molecule has 0 bridgehead atoms. The van der Waals surface area contributed by atoms with Gasteiger partial charge in [-0.25, -0.2) is 0 Å². The van der Waals surface area contributed by atoms with E-state index in [1.54, 1.807) is 7.05 Å². The Hall–Kier alpha value is -1.62. The number of phenolic OH excluding ortho intramolecular Hbond substituents is 3. The predicted octanol–water partition coefficient (Wildman–Crippen LogP) is -2.33. The molecular weight excluding hydrogens is 310 g/mol. The Kier molecular flexibility index (Phi) is 7.01. The number of nitrogens with zero attached hydrogens (tertiary/aromatic N) is 1. The average molecular weight is 333 g/mol. The van der Waals surface area contributed by atoms with E-state index in [-0.39, 0.29) is 18.7 Å². The van der Waals surface area contributed by atoms with Crippen molar-refractivity contribution in [2.45, 2.75) is 31.0 Å². The largest absolute Gasteiger partial charge is 0.504 e.